The molecule has 2 aromatic carbocycles. The van der Waals surface area contributed by atoms with Crippen molar-refractivity contribution in [2.24, 2.45) is 0 Å². The Bertz CT molecular complexity index is 1050. The molecule has 0 aliphatic rings. The first kappa shape index (κ1) is 17.8. The number of nitrogens with zero attached hydrogens (tertiary/aromatic N) is 2. The Morgan fingerprint density at radius 2 is 1.81 bits per heavy atom. The lowest BCUT2D eigenvalue weighted by atomic mass is 10.2. The van der Waals surface area contributed by atoms with Gasteiger partial charge < -0.3 is 5.32 Å². The zero-order valence-corrected chi connectivity index (χ0v) is 14.2. The van der Waals surface area contributed by atoms with Crippen molar-refractivity contribution in [1.82, 2.24) is 9.78 Å². The fourth-order valence-corrected chi connectivity index (χ4v) is 2.45. The van der Waals surface area contributed by atoms with E-state index in [1.807, 2.05) is 0 Å². The van der Waals surface area contributed by atoms with Gasteiger partial charge >= 0.3 is 0 Å². The molecule has 1 heterocycles. The van der Waals surface area contributed by atoms with Gasteiger partial charge in [0.05, 0.1) is 11.4 Å². The predicted octanol–water partition coefficient (Wildman–Crippen LogP) is 3.72. The van der Waals surface area contributed by atoms with Crippen molar-refractivity contribution < 1.29 is 13.6 Å². The molecule has 1 N–H and O–H groups in total. The van der Waals surface area contributed by atoms with Gasteiger partial charge in [-0.15, -0.1) is 0 Å². The van der Waals surface area contributed by atoms with Crippen molar-refractivity contribution in [2.45, 2.75) is 6.92 Å². The first-order valence-electron chi connectivity index (χ1n) is 7.48. The third-order valence-electron chi connectivity index (χ3n) is 3.57. The zero-order valence-electron chi connectivity index (χ0n) is 13.5. The molecule has 1 amide bonds. The standard InChI is InChI=1S/C18H12ClF2N3O2/c1-10-8-16(25)17(23-24(10)13-5-2-11(19)3-6-13)18(26)22-15-9-12(20)4-7-14(15)21/h2-9H,1H3,(H,22,26). The Morgan fingerprint density at radius 1 is 1.12 bits per heavy atom. The van der Waals surface area contributed by atoms with Crippen molar-refractivity contribution in [3.63, 3.8) is 0 Å². The van der Waals surface area contributed by atoms with Gasteiger partial charge in [0.1, 0.15) is 11.6 Å². The van der Waals surface area contributed by atoms with Crippen molar-refractivity contribution in [3.05, 3.63) is 86.8 Å². The molecule has 1 aromatic heterocycles. The number of amides is 1. The Morgan fingerprint density at radius 3 is 2.50 bits per heavy atom. The van der Waals surface area contributed by atoms with Crippen molar-refractivity contribution in [3.8, 4) is 5.69 Å². The van der Waals surface area contributed by atoms with Gasteiger partial charge in [0, 0.05) is 22.8 Å². The Balaban J connectivity index is 2.00. The molecule has 0 aliphatic carbocycles. The van der Waals surface area contributed by atoms with Crippen LogP contribution in [-0.2, 0) is 0 Å². The summed E-state index contributed by atoms with van der Waals surface area (Å²) >= 11 is 5.85. The van der Waals surface area contributed by atoms with Crippen LogP contribution in [0.25, 0.3) is 5.69 Å². The molecule has 0 atom stereocenters. The molecule has 0 aliphatic heterocycles. The summed E-state index contributed by atoms with van der Waals surface area (Å²) in [7, 11) is 0. The number of rotatable bonds is 3. The molecular formula is C18H12ClF2N3O2. The number of anilines is 1. The van der Waals surface area contributed by atoms with Crippen LogP contribution in [0.3, 0.4) is 0 Å². The van der Waals surface area contributed by atoms with Crippen molar-refractivity contribution in [2.75, 3.05) is 5.32 Å². The molecule has 0 radical (unpaired) electrons. The summed E-state index contributed by atoms with van der Waals surface area (Å²) in [5.74, 6) is -2.50. The van der Waals surface area contributed by atoms with E-state index in [2.05, 4.69) is 10.4 Å². The average Bonchev–Trinajstić information content (AvgIpc) is 2.59. The van der Waals surface area contributed by atoms with Crippen LogP contribution in [0.5, 0.6) is 0 Å². The van der Waals surface area contributed by atoms with Gasteiger partial charge in [-0.1, -0.05) is 11.6 Å². The molecular weight excluding hydrogens is 364 g/mol. The van der Waals surface area contributed by atoms with Crippen LogP contribution in [0.4, 0.5) is 14.5 Å². The molecule has 5 nitrogen and oxygen atoms in total. The first-order valence-corrected chi connectivity index (χ1v) is 7.86. The van der Waals surface area contributed by atoms with E-state index in [9.17, 15) is 18.4 Å². The van der Waals surface area contributed by atoms with Crippen LogP contribution >= 0.6 is 11.6 Å². The topological polar surface area (TPSA) is 64.0 Å². The maximum atomic E-state index is 13.7. The lowest BCUT2D eigenvalue weighted by molar-refractivity contribution is 0.101. The molecule has 0 saturated carbocycles. The van der Waals surface area contributed by atoms with Gasteiger partial charge in [0.2, 0.25) is 5.43 Å². The quantitative estimate of drug-likeness (QED) is 0.758. The highest BCUT2D eigenvalue weighted by atomic mass is 35.5. The van der Waals surface area contributed by atoms with Crippen LogP contribution in [-0.4, -0.2) is 15.7 Å². The molecule has 0 spiro atoms. The van der Waals surface area contributed by atoms with Gasteiger partial charge in [0.25, 0.3) is 5.91 Å². The maximum absolute atomic E-state index is 13.7. The number of hydrogen-bond acceptors (Lipinski definition) is 3. The summed E-state index contributed by atoms with van der Waals surface area (Å²) in [5.41, 5.74) is -0.394. The highest BCUT2D eigenvalue weighted by Crippen LogP contribution is 2.17. The highest BCUT2D eigenvalue weighted by molar-refractivity contribution is 6.30. The van der Waals surface area contributed by atoms with E-state index >= 15 is 0 Å². The van der Waals surface area contributed by atoms with Crippen LogP contribution in [0.1, 0.15) is 16.2 Å². The van der Waals surface area contributed by atoms with E-state index in [0.29, 0.717) is 16.4 Å². The van der Waals surface area contributed by atoms with Gasteiger partial charge in [0.15, 0.2) is 5.69 Å². The minimum Gasteiger partial charge on any atom is -0.318 e. The third-order valence-corrected chi connectivity index (χ3v) is 3.82. The molecule has 8 heteroatoms. The molecule has 0 fully saturated rings. The Labute approximate surface area is 151 Å². The van der Waals surface area contributed by atoms with Gasteiger partial charge in [-0.3, -0.25) is 9.59 Å². The SMILES string of the molecule is Cc1cc(=O)c(C(=O)Nc2cc(F)ccc2F)nn1-c1ccc(Cl)cc1. The summed E-state index contributed by atoms with van der Waals surface area (Å²) in [4.78, 5) is 24.5. The molecule has 3 aromatic rings. The summed E-state index contributed by atoms with van der Waals surface area (Å²) in [6, 6.07) is 10.5. The number of benzene rings is 2. The third kappa shape index (κ3) is 3.62. The summed E-state index contributed by atoms with van der Waals surface area (Å²) < 4.78 is 28.3. The highest BCUT2D eigenvalue weighted by Gasteiger charge is 2.17. The van der Waals surface area contributed by atoms with E-state index in [0.717, 1.165) is 18.2 Å². The van der Waals surface area contributed by atoms with E-state index in [1.165, 1.54) is 10.7 Å². The minimum atomic E-state index is -0.942. The van der Waals surface area contributed by atoms with Crippen LogP contribution in [0, 0.1) is 18.6 Å². The number of halogens is 3. The first-order chi connectivity index (χ1) is 12.3. The molecule has 0 unspecified atom stereocenters. The number of aromatic nitrogens is 2. The summed E-state index contributed by atoms with van der Waals surface area (Å²) in [6.07, 6.45) is 0. The minimum absolute atomic E-state index is 0.380. The maximum Gasteiger partial charge on any atom is 0.280 e. The summed E-state index contributed by atoms with van der Waals surface area (Å²) in [5, 5.41) is 6.74. The monoisotopic (exact) mass is 375 g/mol. The normalized spacial score (nSPS) is 10.6. The predicted molar refractivity (Wildman–Crippen MR) is 93.9 cm³/mol. The van der Waals surface area contributed by atoms with Crippen molar-refractivity contribution >= 4 is 23.2 Å². The molecule has 0 saturated heterocycles. The molecule has 26 heavy (non-hydrogen) atoms. The van der Waals surface area contributed by atoms with Crippen molar-refractivity contribution in [1.29, 1.82) is 0 Å². The number of hydrogen-bond donors (Lipinski definition) is 1. The second-order valence-corrected chi connectivity index (χ2v) is 5.90. The Kier molecular flexibility index (Phi) is 4.81. The lowest BCUT2D eigenvalue weighted by Crippen LogP contribution is -2.27. The Hall–Kier alpha value is -3.06. The van der Waals surface area contributed by atoms with Crippen LogP contribution in [0.15, 0.2) is 53.3 Å². The van der Waals surface area contributed by atoms with Gasteiger partial charge in [-0.05, 0) is 43.3 Å². The molecule has 132 valence electrons. The summed E-state index contributed by atoms with van der Waals surface area (Å²) in [6.45, 7) is 1.65. The fourth-order valence-electron chi connectivity index (χ4n) is 2.32. The smallest absolute Gasteiger partial charge is 0.280 e. The molecule has 3 rings (SSSR count). The zero-order chi connectivity index (χ0) is 18.8. The molecule has 0 bridgehead atoms. The van der Waals surface area contributed by atoms with Crippen LogP contribution < -0.4 is 10.7 Å². The van der Waals surface area contributed by atoms with Gasteiger partial charge in [-0.2, -0.15) is 5.10 Å². The number of nitrogens with one attached hydrogen (secondary N) is 1. The van der Waals surface area contributed by atoms with E-state index in [-0.39, 0.29) is 5.69 Å². The van der Waals surface area contributed by atoms with Gasteiger partial charge in [-0.25, -0.2) is 13.5 Å². The lowest BCUT2D eigenvalue weighted by Gasteiger charge is -2.11. The largest absolute Gasteiger partial charge is 0.318 e. The van der Waals surface area contributed by atoms with Crippen LogP contribution in [0.2, 0.25) is 5.02 Å². The fraction of sp³-hybridized carbons (Fsp3) is 0.0556. The second kappa shape index (κ2) is 7.05. The van der Waals surface area contributed by atoms with E-state index in [4.69, 9.17) is 11.6 Å². The van der Waals surface area contributed by atoms with E-state index < -0.39 is 28.7 Å². The number of aryl methyl sites for hydroxylation is 1. The van der Waals surface area contributed by atoms with E-state index in [1.54, 1.807) is 31.2 Å². The average molecular weight is 376 g/mol. The number of carbonyl (C=O) groups excluding carboxylic acids is 1. The number of carbonyl (C=O) groups is 1. The second-order valence-electron chi connectivity index (χ2n) is 5.47.